The molecule has 2 nitrogen and oxygen atoms in total. The van der Waals surface area contributed by atoms with Gasteiger partial charge in [-0.05, 0) is 49.0 Å². The number of fused-ring (bicyclic) bond motifs is 1. The molecule has 1 heterocycles. The largest absolute Gasteiger partial charge is 0.493 e. The van der Waals surface area contributed by atoms with Crippen LogP contribution in [0.1, 0.15) is 43.2 Å². The second-order valence-corrected chi connectivity index (χ2v) is 6.50. The van der Waals surface area contributed by atoms with Crippen molar-refractivity contribution in [3.05, 3.63) is 39.4 Å². The van der Waals surface area contributed by atoms with Crippen LogP contribution in [-0.4, -0.2) is 12.4 Å². The number of allylic oxidation sites excluding steroid dienone is 2. The van der Waals surface area contributed by atoms with Crippen molar-refractivity contribution in [2.45, 2.75) is 44.9 Å². The Morgan fingerprint density at radius 1 is 1.20 bits per heavy atom. The molecule has 20 heavy (non-hydrogen) atoms. The molecular formula is C17H19BrO2. The number of benzene rings is 1. The van der Waals surface area contributed by atoms with Crippen LogP contribution in [0.2, 0.25) is 0 Å². The molecule has 0 fully saturated rings. The summed E-state index contributed by atoms with van der Waals surface area (Å²) < 4.78 is 6.75. The molecule has 1 aliphatic heterocycles. The van der Waals surface area contributed by atoms with Crippen LogP contribution >= 0.6 is 15.9 Å². The fraction of sp³-hybridized carbons (Fsp3) is 0.471. The van der Waals surface area contributed by atoms with Crippen molar-refractivity contribution in [2.75, 3.05) is 6.61 Å². The van der Waals surface area contributed by atoms with Gasteiger partial charge in [0.2, 0.25) is 0 Å². The molecule has 106 valence electrons. The molecule has 0 radical (unpaired) electrons. The predicted molar refractivity (Wildman–Crippen MR) is 83.2 cm³/mol. The van der Waals surface area contributed by atoms with Crippen molar-refractivity contribution < 1.29 is 9.53 Å². The van der Waals surface area contributed by atoms with Crippen molar-refractivity contribution in [3.8, 4) is 5.75 Å². The van der Waals surface area contributed by atoms with E-state index in [1.54, 1.807) is 0 Å². The second-order valence-electron chi connectivity index (χ2n) is 5.58. The molecule has 0 spiro atoms. The lowest BCUT2D eigenvalue weighted by Crippen LogP contribution is -2.07. The van der Waals surface area contributed by atoms with Crippen LogP contribution in [0.15, 0.2) is 28.3 Å². The first kappa shape index (κ1) is 13.9. The quantitative estimate of drug-likeness (QED) is 0.819. The molecule has 0 unspecified atom stereocenters. The normalized spacial score (nSPS) is 17.9. The van der Waals surface area contributed by atoms with Crippen LogP contribution < -0.4 is 4.74 Å². The fourth-order valence-corrected chi connectivity index (χ4v) is 3.58. The van der Waals surface area contributed by atoms with Gasteiger partial charge in [0, 0.05) is 22.9 Å². The van der Waals surface area contributed by atoms with Crippen molar-refractivity contribution in [2.24, 2.45) is 0 Å². The summed E-state index contributed by atoms with van der Waals surface area (Å²) >= 11 is 3.53. The first-order valence-corrected chi connectivity index (χ1v) is 8.19. The Bertz CT molecular complexity index is 560. The molecular weight excluding hydrogens is 316 g/mol. The predicted octanol–water partition coefficient (Wildman–Crippen LogP) is 4.39. The molecule has 2 aliphatic rings. The number of hydrogen-bond donors (Lipinski definition) is 0. The number of carbonyl (C=O) groups is 1. The minimum absolute atomic E-state index is 0.266. The van der Waals surface area contributed by atoms with Gasteiger partial charge in [0.1, 0.15) is 5.75 Å². The molecule has 1 aromatic carbocycles. The zero-order valence-corrected chi connectivity index (χ0v) is 13.2. The second kappa shape index (κ2) is 6.13. The summed E-state index contributed by atoms with van der Waals surface area (Å²) in [6, 6.07) is 4.13. The van der Waals surface area contributed by atoms with Gasteiger partial charge >= 0.3 is 0 Å². The van der Waals surface area contributed by atoms with Gasteiger partial charge in [-0.25, -0.2) is 0 Å². The number of rotatable bonds is 3. The first-order chi connectivity index (χ1) is 9.74. The van der Waals surface area contributed by atoms with Gasteiger partial charge in [-0.1, -0.05) is 28.4 Å². The van der Waals surface area contributed by atoms with E-state index in [0.717, 1.165) is 53.6 Å². The number of halogens is 1. The van der Waals surface area contributed by atoms with Crippen LogP contribution in [0.4, 0.5) is 0 Å². The highest BCUT2D eigenvalue weighted by molar-refractivity contribution is 9.10. The van der Waals surface area contributed by atoms with E-state index >= 15 is 0 Å². The van der Waals surface area contributed by atoms with Crippen LogP contribution in [0.5, 0.6) is 5.75 Å². The van der Waals surface area contributed by atoms with E-state index in [0.29, 0.717) is 6.42 Å². The molecule has 0 saturated carbocycles. The highest BCUT2D eigenvalue weighted by Crippen LogP contribution is 2.34. The topological polar surface area (TPSA) is 26.3 Å². The monoisotopic (exact) mass is 334 g/mol. The van der Waals surface area contributed by atoms with Gasteiger partial charge in [-0.2, -0.15) is 0 Å². The summed E-state index contributed by atoms with van der Waals surface area (Å²) in [4.78, 5) is 12.5. The van der Waals surface area contributed by atoms with Crippen molar-refractivity contribution in [1.82, 2.24) is 0 Å². The van der Waals surface area contributed by atoms with Crippen LogP contribution in [-0.2, 0) is 17.6 Å². The zero-order chi connectivity index (χ0) is 13.9. The molecule has 0 atom stereocenters. The molecule has 0 N–H and O–H groups in total. The fourth-order valence-electron chi connectivity index (χ4n) is 3.03. The average Bonchev–Trinajstić information content (AvgIpc) is 2.72. The molecule has 0 aromatic heterocycles. The smallest absolute Gasteiger partial charge is 0.163 e. The number of carbonyl (C=O) groups excluding carboxylic acids is 1. The Morgan fingerprint density at radius 3 is 3.00 bits per heavy atom. The highest BCUT2D eigenvalue weighted by atomic mass is 79.9. The van der Waals surface area contributed by atoms with E-state index in [2.05, 4.69) is 28.1 Å². The Hall–Kier alpha value is -1.09. The zero-order valence-electron chi connectivity index (χ0n) is 11.6. The van der Waals surface area contributed by atoms with Crippen LogP contribution in [0.25, 0.3) is 0 Å². The van der Waals surface area contributed by atoms with Gasteiger partial charge in [-0.3, -0.25) is 4.79 Å². The van der Waals surface area contributed by atoms with Gasteiger partial charge in [0.15, 0.2) is 5.78 Å². The molecule has 1 aromatic rings. The Balaban J connectivity index is 1.81. The van der Waals surface area contributed by atoms with E-state index in [-0.39, 0.29) is 5.78 Å². The van der Waals surface area contributed by atoms with Crippen molar-refractivity contribution >= 4 is 21.7 Å². The summed E-state index contributed by atoms with van der Waals surface area (Å²) in [7, 11) is 0. The van der Waals surface area contributed by atoms with Crippen molar-refractivity contribution in [1.29, 1.82) is 0 Å². The standard InChI is InChI=1S/C17H19BrO2/c18-15-9-13-7-8-20-17(13)14(10-15)11-16(19)12-5-3-1-2-4-6-12/h5,9-10H,1-4,6-8,11H2. The van der Waals surface area contributed by atoms with E-state index in [1.807, 2.05) is 6.07 Å². The van der Waals surface area contributed by atoms with Crippen molar-refractivity contribution in [3.63, 3.8) is 0 Å². The molecule has 0 saturated heterocycles. The summed E-state index contributed by atoms with van der Waals surface area (Å²) in [6.07, 6.45) is 9.14. The van der Waals surface area contributed by atoms with Crippen LogP contribution in [0, 0.1) is 0 Å². The number of ether oxygens (including phenoxy) is 1. The number of Topliss-reactive ketones (excluding diaryl/α,β-unsaturated/α-hetero) is 1. The summed E-state index contributed by atoms with van der Waals surface area (Å²) in [5, 5.41) is 0. The lowest BCUT2D eigenvalue weighted by molar-refractivity contribution is -0.115. The third-order valence-electron chi connectivity index (χ3n) is 4.08. The summed E-state index contributed by atoms with van der Waals surface area (Å²) in [5.74, 6) is 1.21. The van der Waals surface area contributed by atoms with E-state index in [4.69, 9.17) is 4.74 Å². The maximum absolute atomic E-state index is 12.5. The molecule has 0 amide bonds. The SMILES string of the molecule is O=C(Cc1cc(Br)cc2c1OCC2)C1=CCCCCC1. The lowest BCUT2D eigenvalue weighted by atomic mass is 9.97. The lowest BCUT2D eigenvalue weighted by Gasteiger charge is -2.10. The van der Waals surface area contributed by atoms with Gasteiger partial charge in [0.05, 0.1) is 6.61 Å². The molecule has 3 rings (SSSR count). The maximum Gasteiger partial charge on any atom is 0.163 e. The Kier molecular flexibility index (Phi) is 4.25. The first-order valence-electron chi connectivity index (χ1n) is 7.40. The Labute approximate surface area is 128 Å². The molecule has 3 heteroatoms. The molecule has 1 aliphatic carbocycles. The van der Waals surface area contributed by atoms with Gasteiger partial charge in [-0.15, -0.1) is 0 Å². The van der Waals surface area contributed by atoms with E-state index < -0.39 is 0 Å². The number of ketones is 1. The minimum atomic E-state index is 0.266. The van der Waals surface area contributed by atoms with Gasteiger partial charge < -0.3 is 4.74 Å². The third kappa shape index (κ3) is 2.98. The van der Waals surface area contributed by atoms with E-state index in [9.17, 15) is 4.79 Å². The summed E-state index contributed by atoms with van der Waals surface area (Å²) in [5.41, 5.74) is 3.27. The van der Waals surface area contributed by atoms with Crippen LogP contribution in [0.3, 0.4) is 0 Å². The highest BCUT2D eigenvalue weighted by Gasteiger charge is 2.20. The van der Waals surface area contributed by atoms with E-state index in [1.165, 1.54) is 18.4 Å². The van der Waals surface area contributed by atoms with Gasteiger partial charge in [0.25, 0.3) is 0 Å². The summed E-state index contributed by atoms with van der Waals surface area (Å²) in [6.45, 7) is 0.732. The number of hydrogen-bond acceptors (Lipinski definition) is 2. The minimum Gasteiger partial charge on any atom is -0.493 e. The molecule has 0 bridgehead atoms. The average molecular weight is 335 g/mol. The Morgan fingerprint density at radius 2 is 2.10 bits per heavy atom. The maximum atomic E-state index is 12.5. The third-order valence-corrected chi connectivity index (χ3v) is 4.53.